The molecule has 6 nitrogen and oxygen atoms in total. The molecule has 0 unspecified atom stereocenters. The number of rotatable bonds is 7. The van der Waals surface area contributed by atoms with Crippen LogP contribution >= 0.6 is 0 Å². The van der Waals surface area contributed by atoms with Gasteiger partial charge >= 0.3 is 0 Å². The molecule has 0 bridgehead atoms. The number of ether oxygens (including phenoxy) is 1. The van der Waals surface area contributed by atoms with Crippen molar-refractivity contribution in [1.82, 2.24) is 4.57 Å². The molecule has 26 heavy (non-hydrogen) atoms. The van der Waals surface area contributed by atoms with Gasteiger partial charge in [0, 0.05) is 12.8 Å². The molecule has 0 atom stereocenters. The van der Waals surface area contributed by atoms with Crippen LogP contribution in [-0.2, 0) is 6.54 Å². The molecule has 1 N–H and O–H groups in total. The maximum atomic E-state index is 12.4. The molecule has 0 amide bonds. The van der Waals surface area contributed by atoms with Crippen LogP contribution in [0.4, 0.5) is 5.69 Å². The Morgan fingerprint density at radius 2 is 2.08 bits per heavy atom. The summed E-state index contributed by atoms with van der Waals surface area (Å²) in [5.74, 6) is 0.459. The molecule has 0 saturated carbocycles. The van der Waals surface area contributed by atoms with Gasteiger partial charge in [-0.05, 0) is 38.0 Å². The van der Waals surface area contributed by atoms with Crippen molar-refractivity contribution in [3.05, 3.63) is 51.3 Å². The van der Waals surface area contributed by atoms with Crippen LogP contribution in [0.3, 0.4) is 0 Å². The number of unbranched alkanes of at least 4 members (excludes halogenated alkanes) is 1. The van der Waals surface area contributed by atoms with E-state index in [9.17, 15) is 15.2 Å². The molecule has 0 aliphatic rings. The Morgan fingerprint density at radius 3 is 2.73 bits per heavy atom. The standard InChI is InChI=1S/C20H23N3O3/c1-4-6-11-23-19(24)15(12-21)14(3)16(20(23)25)13-22-17-9-7-8-10-18(17)26-5-2/h7-10,13,25H,4-6,11H2,1-3H3. The zero-order chi connectivity index (χ0) is 19.1. The molecule has 1 heterocycles. The summed E-state index contributed by atoms with van der Waals surface area (Å²) in [6.07, 6.45) is 3.07. The number of para-hydroxylation sites is 2. The van der Waals surface area contributed by atoms with Gasteiger partial charge in [-0.2, -0.15) is 5.26 Å². The van der Waals surface area contributed by atoms with Crippen molar-refractivity contribution < 1.29 is 9.84 Å². The second-order valence-corrected chi connectivity index (χ2v) is 5.82. The van der Waals surface area contributed by atoms with E-state index in [2.05, 4.69) is 4.99 Å². The molecule has 0 radical (unpaired) electrons. The van der Waals surface area contributed by atoms with Gasteiger partial charge in [-0.1, -0.05) is 25.5 Å². The number of aliphatic imine (C=N–C) groups is 1. The van der Waals surface area contributed by atoms with E-state index in [0.717, 1.165) is 12.8 Å². The molecule has 0 saturated heterocycles. The Kier molecular flexibility index (Phi) is 6.56. The van der Waals surface area contributed by atoms with E-state index in [1.54, 1.807) is 13.0 Å². The highest BCUT2D eigenvalue weighted by Crippen LogP contribution is 2.28. The van der Waals surface area contributed by atoms with Gasteiger partial charge in [-0.3, -0.25) is 14.4 Å². The van der Waals surface area contributed by atoms with Gasteiger partial charge < -0.3 is 9.84 Å². The molecule has 2 rings (SSSR count). The number of nitrogens with zero attached hydrogens (tertiary/aromatic N) is 3. The topological polar surface area (TPSA) is 87.6 Å². The highest BCUT2D eigenvalue weighted by atomic mass is 16.5. The predicted octanol–water partition coefficient (Wildman–Crippen LogP) is 3.68. The summed E-state index contributed by atoms with van der Waals surface area (Å²) in [4.78, 5) is 16.8. The van der Waals surface area contributed by atoms with Crippen LogP contribution in [0.5, 0.6) is 11.6 Å². The van der Waals surface area contributed by atoms with E-state index in [0.29, 0.717) is 35.7 Å². The second-order valence-electron chi connectivity index (χ2n) is 5.82. The van der Waals surface area contributed by atoms with E-state index in [-0.39, 0.29) is 11.4 Å². The SMILES string of the molecule is CCCCn1c(O)c(C=Nc2ccccc2OCC)c(C)c(C#N)c1=O. The summed E-state index contributed by atoms with van der Waals surface area (Å²) in [5.41, 5.74) is 0.947. The summed E-state index contributed by atoms with van der Waals surface area (Å²) in [7, 11) is 0. The first-order valence-electron chi connectivity index (χ1n) is 8.67. The fourth-order valence-corrected chi connectivity index (χ4v) is 2.62. The van der Waals surface area contributed by atoms with Crippen LogP contribution in [0.1, 0.15) is 43.4 Å². The first-order valence-corrected chi connectivity index (χ1v) is 8.67. The molecular formula is C20H23N3O3. The van der Waals surface area contributed by atoms with Crippen LogP contribution in [0.15, 0.2) is 34.1 Å². The zero-order valence-electron chi connectivity index (χ0n) is 15.3. The minimum atomic E-state index is -0.470. The number of pyridine rings is 1. The van der Waals surface area contributed by atoms with Gasteiger partial charge in [0.15, 0.2) is 0 Å². The minimum Gasteiger partial charge on any atom is -0.494 e. The number of hydrogen-bond acceptors (Lipinski definition) is 5. The van der Waals surface area contributed by atoms with E-state index >= 15 is 0 Å². The maximum absolute atomic E-state index is 12.4. The van der Waals surface area contributed by atoms with Crippen molar-refractivity contribution >= 4 is 11.9 Å². The number of hydrogen-bond donors (Lipinski definition) is 1. The molecule has 0 spiro atoms. The average Bonchev–Trinajstić information content (AvgIpc) is 2.63. The third-order valence-electron chi connectivity index (χ3n) is 4.08. The summed E-state index contributed by atoms with van der Waals surface area (Å²) in [6, 6.07) is 9.25. The van der Waals surface area contributed by atoms with Gasteiger partial charge in [-0.15, -0.1) is 0 Å². The summed E-state index contributed by atoms with van der Waals surface area (Å²) in [5, 5.41) is 19.9. The summed E-state index contributed by atoms with van der Waals surface area (Å²) >= 11 is 0. The smallest absolute Gasteiger partial charge is 0.271 e. The Labute approximate surface area is 153 Å². The Morgan fingerprint density at radius 1 is 1.35 bits per heavy atom. The lowest BCUT2D eigenvalue weighted by molar-refractivity contribution is 0.341. The molecule has 2 aromatic rings. The number of nitriles is 1. The van der Waals surface area contributed by atoms with E-state index in [1.807, 2.05) is 38.1 Å². The monoisotopic (exact) mass is 353 g/mol. The normalized spacial score (nSPS) is 10.8. The quantitative estimate of drug-likeness (QED) is 0.769. The largest absolute Gasteiger partial charge is 0.494 e. The molecule has 0 fully saturated rings. The van der Waals surface area contributed by atoms with Gasteiger partial charge in [-0.25, -0.2) is 0 Å². The zero-order valence-corrected chi connectivity index (χ0v) is 15.3. The Bertz CT molecular complexity index is 908. The van der Waals surface area contributed by atoms with Crippen molar-refractivity contribution in [3.63, 3.8) is 0 Å². The molecule has 0 aliphatic carbocycles. The van der Waals surface area contributed by atoms with Crippen molar-refractivity contribution in [3.8, 4) is 17.7 Å². The first-order chi connectivity index (χ1) is 12.5. The van der Waals surface area contributed by atoms with E-state index in [4.69, 9.17) is 4.74 Å². The third kappa shape index (κ3) is 3.94. The lowest BCUT2D eigenvalue weighted by Crippen LogP contribution is -2.25. The fourth-order valence-electron chi connectivity index (χ4n) is 2.62. The predicted molar refractivity (Wildman–Crippen MR) is 102 cm³/mol. The molecule has 136 valence electrons. The summed E-state index contributed by atoms with van der Waals surface area (Å²) < 4.78 is 6.78. The van der Waals surface area contributed by atoms with Gasteiger partial charge in [0.05, 0.1) is 12.2 Å². The maximum Gasteiger partial charge on any atom is 0.271 e. The van der Waals surface area contributed by atoms with Crippen molar-refractivity contribution in [2.75, 3.05) is 6.61 Å². The minimum absolute atomic E-state index is 0.0263. The van der Waals surface area contributed by atoms with Gasteiger partial charge in [0.1, 0.15) is 23.1 Å². The van der Waals surface area contributed by atoms with Crippen LogP contribution < -0.4 is 10.3 Å². The van der Waals surface area contributed by atoms with Crippen LogP contribution in [0.25, 0.3) is 0 Å². The Balaban J connectivity index is 2.56. The first kappa shape index (κ1) is 19.3. The lowest BCUT2D eigenvalue weighted by Gasteiger charge is -2.13. The molecule has 1 aromatic carbocycles. The highest BCUT2D eigenvalue weighted by Gasteiger charge is 2.17. The highest BCUT2D eigenvalue weighted by molar-refractivity contribution is 5.87. The van der Waals surface area contributed by atoms with E-state index < -0.39 is 5.56 Å². The number of aromatic hydroxyl groups is 1. The van der Waals surface area contributed by atoms with E-state index in [1.165, 1.54) is 10.8 Å². The molecular weight excluding hydrogens is 330 g/mol. The average molecular weight is 353 g/mol. The molecule has 1 aromatic heterocycles. The number of benzene rings is 1. The van der Waals surface area contributed by atoms with Crippen molar-refractivity contribution in [2.45, 2.75) is 40.2 Å². The lowest BCUT2D eigenvalue weighted by atomic mass is 10.1. The molecule has 6 heteroatoms. The van der Waals surface area contributed by atoms with Crippen molar-refractivity contribution in [2.24, 2.45) is 4.99 Å². The van der Waals surface area contributed by atoms with Gasteiger partial charge in [0.2, 0.25) is 5.88 Å². The summed E-state index contributed by atoms with van der Waals surface area (Å²) in [6.45, 7) is 6.39. The third-order valence-corrected chi connectivity index (χ3v) is 4.08. The van der Waals surface area contributed by atoms with Crippen LogP contribution in [-0.4, -0.2) is 22.5 Å². The van der Waals surface area contributed by atoms with Gasteiger partial charge in [0.25, 0.3) is 5.56 Å². The van der Waals surface area contributed by atoms with Crippen molar-refractivity contribution in [1.29, 1.82) is 5.26 Å². The van der Waals surface area contributed by atoms with Crippen LogP contribution in [0, 0.1) is 18.3 Å². The Hall–Kier alpha value is -3.07. The fraction of sp³-hybridized carbons (Fsp3) is 0.350. The number of aromatic nitrogens is 1. The second kappa shape index (κ2) is 8.86. The van der Waals surface area contributed by atoms with Crippen LogP contribution in [0.2, 0.25) is 0 Å². The molecule has 0 aliphatic heterocycles.